The fraction of sp³-hybridized carbons (Fsp3) is 0.500. The van der Waals surface area contributed by atoms with Gasteiger partial charge >= 0.3 is 0 Å². The molecule has 0 fully saturated rings. The maximum absolute atomic E-state index is 10.0. The number of aryl methyl sites for hydroxylation is 1. The molecule has 1 aromatic heterocycles. The summed E-state index contributed by atoms with van der Waals surface area (Å²) in [6.45, 7) is 10.5. The van der Waals surface area contributed by atoms with Crippen molar-refractivity contribution in [3.8, 4) is 11.5 Å². The van der Waals surface area contributed by atoms with E-state index in [2.05, 4.69) is 36.1 Å². The first kappa shape index (κ1) is 15.2. The Bertz CT molecular complexity index is 488. The third kappa shape index (κ3) is 5.63. The SMILES string of the molecule is C/C(=C\c1csc(C)n1)[C@@H](O)CC#C[Si](C)(C)C. The van der Waals surface area contributed by atoms with Gasteiger partial charge in [-0.1, -0.05) is 19.6 Å². The molecule has 0 aliphatic rings. The number of rotatable bonds is 3. The summed E-state index contributed by atoms with van der Waals surface area (Å²) in [5.41, 5.74) is 5.11. The van der Waals surface area contributed by atoms with Crippen molar-refractivity contribution in [2.75, 3.05) is 0 Å². The summed E-state index contributed by atoms with van der Waals surface area (Å²) < 4.78 is 0. The van der Waals surface area contributed by atoms with Crippen molar-refractivity contribution in [1.29, 1.82) is 0 Å². The predicted octanol–water partition coefficient (Wildman–Crippen LogP) is 3.49. The Morgan fingerprint density at radius 3 is 2.72 bits per heavy atom. The van der Waals surface area contributed by atoms with Gasteiger partial charge in [0, 0.05) is 11.8 Å². The first-order valence-corrected chi connectivity index (χ1v) is 10.4. The van der Waals surface area contributed by atoms with Crippen LogP contribution in [0.5, 0.6) is 0 Å². The lowest BCUT2D eigenvalue weighted by molar-refractivity contribution is 0.218. The molecule has 0 unspecified atom stereocenters. The second-order valence-electron chi connectivity index (χ2n) is 5.45. The van der Waals surface area contributed by atoms with Gasteiger partial charge in [0.2, 0.25) is 0 Å². The highest BCUT2D eigenvalue weighted by Gasteiger charge is 2.09. The summed E-state index contributed by atoms with van der Waals surface area (Å²) in [4.78, 5) is 4.35. The largest absolute Gasteiger partial charge is 0.388 e. The van der Waals surface area contributed by atoms with Crippen LogP contribution >= 0.6 is 11.3 Å². The molecule has 4 heteroatoms. The summed E-state index contributed by atoms with van der Waals surface area (Å²) >= 11 is 1.62. The first-order chi connectivity index (χ1) is 8.28. The maximum atomic E-state index is 10.0. The zero-order valence-corrected chi connectivity index (χ0v) is 13.6. The van der Waals surface area contributed by atoms with Gasteiger partial charge in [0.05, 0.1) is 16.8 Å². The van der Waals surface area contributed by atoms with E-state index in [9.17, 15) is 5.11 Å². The number of hydrogen-bond acceptors (Lipinski definition) is 3. The maximum Gasteiger partial charge on any atom is 0.129 e. The quantitative estimate of drug-likeness (QED) is 0.679. The van der Waals surface area contributed by atoms with Crippen LogP contribution in [-0.4, -0.2) is 24.3 Å². The molecule has 0 saturated carbocycles. The highest BCUT2D eigenvalue weighted by atomic mass is 32.1. The molecule has 0 amide bonds. The number of aromatic nitrogens is 1. The van der Waals surface area contributed by atoms with Gasteiger partial charge in [-0.15, -0.1) is 22.8 Å². The third-order valence-corrected chi connectivity index (χ3v) is 4.02. The average Bonchev–Trinajstić information content (AvgIpc) is 2.61. The van der Waals surface area contributed by atoms with Crippen LogP contribution in [0.4, 0.5) is 0 Å². The molecular formula is C14H21NOSSi. The summed E-state index contributed by atoms with van der Waals surface area (Å²) in [6, 6.07) is 0. The van der Waals surface area contributed by atoms with Gasteiger partial charge in [0.15, 0.2) is 0 Å². The van der Waals surface area contributed by atoms with E-state index in [1.807, 2.05) is 25.3 Å². The molecule has 0 bridgehead atoms. The van der Waals surface area contributed by atoms with Gasteiger partial charge in [-0.25, -0.2) is 4.98 Å². The summed E-state index contributed by atoms with van der Waals surface area (Å²) in [6.07, 6.45) is 1.95. The van der Waals surface area contributed by atoms with Gasteiger partial charge in [-0.3, -0.25) is 0 Å². The summed E-state index contributed by atoms with van der Waals surface area (Å²) in [5.74, 6) is 3.10. The molecule has 0 aromatic carbocycles. The third-order valence-electron chi connectivity index (χ3n) is 2.30. The van der Waals surface area contributed by atoms with E-state index in [4.69, 9.17) is 0 Å². The Morgan fingerprint density at radius 2 is 2.22 bits per heavy atom. The highest BCUT2D eigenvalue weighted by Crippen LogP contribution is 2.14. The standard InChI is InChI=1S/C14H21NOSSi/c1-11(9-13-10-17-12(2)15-13)14(16)7-6-8-18(3,4)5/h9-10,14,16H,7H2,1-5H3/b11-9+/t14-/m0/s1. The van der Waals surface area contributed by atoms with Crippen molar-refractivity contribution in [3.05, 3.63) is 21.7 Å². The molecule has 1 atom stereocenters. The van der Waals surface area contributed by atoms with Crippen LogP contribution in [0.2, 0.25) is 19.6 Å². The minimum absolute atomic E-state index is 0.490. The van der Waals surface area contributed by atoms with Crippen LogP contribution in [0.1, 0.15) is 24.0 Å². The Balaban J connectivity index is 2.63. The van der Waals surface area contributed by atoms with Crippen LogP contribution in [-0.2, 0) is 0 Å². The molecule has 0 spiro atoms. The molecule has 1 heterocycles. The van der Waals surface area contributed by atoms with Crippen molar-refractivity contribution in [3.63, 3.8) is 0 Å². The molecular weight excluding hydrogens is 258 g/mol. The lowest BCUT2D eigenvalue weighted by atomic mass is 10.1. The normalized spacial score (nSPS) is 14.0. The summed E-state index contributed by atoms with van der Waals surface area (Å²) in [7, 11) is -1.33. The lowest BCUT2D eigenvalue weighted by Crippen LogP contribution is -2.17. The van der Waals surface area contributed by atoms with E-state index in [0.29, 0.717) is 6.42 Å². The predicted molar refractivity (Wildman–Crippen MR) is 82.2 cm³/mol. The number of thiazole rings is 1. The second kappa shape index (κ2) is 6.33. The van der Waals surface area contributed by atoms with E-state index in [-0.39, 0.29) is 0 Å². The van der Waals surface area contributed by atoms with E-state index in [0.717, 1.165) is 16.3 Å². The fourth-order valence-corrected chi connectivity index (χ4v) is 2.55. The monoisotopic (exact) mass is 279 g/mol. The van der Waals surface area contributed by atoms with Crippen molar-refractivity contribution < 1.29 is 5.11 Å². The van der Waals surface area contributed by atoms with Crippen LogP contribution in [0.3, 0.4) is 0 Å². The molecule has 18 heavy (non-hydrogen) atoms. The number of aliphatic hydroxyl groups is 1. The molecule has 0 aliphatic heterocycles. The fourth-order valence-electron chi connectivity index (χ4n) is 1.35. The first-order valence-electron chi connectivity index (χ1n) is 6.06. The molecule has 1 rings (SSSR count). The number of aliphatic hydroxyl groups excluding tert-OH is 1. The molecule has 1 N–H and O–H groups in total. The Hall–Kier alpha value is -0.893. The van der Waals surface area contributed by atoms with Gasteiger partial charge in [0.25, 0.3) is 0 Å². The van der Waals surface area contributed by atoms with Gasteiger partial charge in [-0.2, -0.15) is 0 Å². The summed E-state index contributed by atoms with van der Waals surface area (Å²) in [5, 5.41) is 13.0. The van der Waals surface area contributed by atoms with Crippen molar-refractivity contribution in [2.45, 2.75) is 46.0 Å². The molecule has 0 saturated heterocycles. The smallest absolute Gasteiger partial charge is 0.129 e. The second-order valence-corrected chi connectivity index (χ2v) is 11.3. The van der Waals surface area contributed by atoms with Crippen molar-refractivity contribution in [1.82, 2.24) is 4.98 Å². The van der Waals surface area contributed by atoms with E-state index in [1.54, 1.807) is 11.3 Å². The number of hydrogen-bond donors (Lipinski definition) is 1. The van der Waals surface area contributed by atoms with E-state index >= 15 is 0 Å². The Morgan fingerprint density at radius 1 is 1.56 bits per heavy atom. The minimum atomic E-state index is -1.33. The van der Waals surface area contributed by atoms with Crippen LogP contribution in [0.15, 0.2) is 11.0 Å². The topological polar surface area (TPSA) is 33.1 Å². The molecule has 0 radical (unpaired) electrons. The number of nitrogens with zero attached hydrogens (tertiary/aromatic N) is 1. The zero-order valence-electron chi connectivity index (χ0n) is 11.7. The van der Waals surface area contributed by atoms with E-state index in [1.165, 1.54) is 0 Å². The molecule has 2 nitrogen and oxygen atoms in total. The van der Waals surface area contributed by atoms with Crippen molar-refractivity contribution >= 4 is 25.5 Å². The van der Waals surface area contributed by atoms with Crippen LogP contribution < -0.4 is 0 Å². The van der Waals surface area contributed by atoms with Gasteiger partial charge in [-0.05, 0) is 25.5 Å². The van der Waals surface area contributed by atoms with Gasteiger partial charge < -0.3 is 5.11 Å². The Labute approximate surface area is 115 Å². The lowest BCUT2D eigenvalue weighted by Gasteiger charge is -2.08. The minimum Gasteiger partial charge on any atom is -0.388 e. The van der Waals surface area contributed by atoms with E-state index < -0.39 is 14.2 Å². The van der Waals surface area contributed by atoms with Gasteiger partial charge in [0.1, 0.15) is 8.07 Å². The Kier molecular flexibility index (Phi) is 5.33. The zero-order chi connectivity index (χ0) is 13.8. The molecule has 1 aromatic rings. The molecule has 0 aliphatic carbocycles. The van der Waals surface area contributed by atoms with Crippen LogP contribution in [0, 0.1) is 18.4 Å². The average molecular weight is 279 g/mol. The molecule has 98 valence electrons. The van der Waals surface area contributed by atoms with Crippen molar-refractivity contribution in [2.24, 2.45) is 0 Å². The van der Waals surface area contributed by atoms with Crippen LogP contribution in [0.25, 0.3) is 6.08 Å². The highest BCUT2D eigenvalue weighted by molar-refractivity contribution is 7.09.